The first kappa shape index (κ1) is 22.5. The predicted octanol–water partition coefficient (Wildman–Crippen LogP) is 6.67. The molecule has 0 aliphatic heterocycles. The maximum Gasteiger partial charge on any atom is 0.511 e. The van der Waals surface area contributed by atoms with Crippen molar-refractivity contribution in [1.82, 2.24) is 0 Å². The highest BCUT2D eigenvalue weighted by Gasteiger charge is 2.16. The first-order valence-electron chi connectivity index (χ1n) is 9.26. The zero-order valence-electron chi connectivity index (χ0n) is 17.0. The van der Waals surface area contributed by atoms with Gasteiger partial charge in [0.05, 0.1) is 6.61 Å². The molecule has 27 heavy (non-hydrogen) atoms. The summed E-state index contributed by atoms with van der Waals surface area (Å²) in [5.41, 5.74) is 1.41. The molecule has 0 saturated heterocycles. The molecule has 5 heteroatoms. The molecule has 0 N–H and O–H groups in total. The van der Waals surface area contributed by atoms with Crippen molar-refractivity contribution in [2.75, 3.05) is 6.61 Å². The van der Waals surface area contributed by atoms with E-state index in [4.69, 9.17) is 14.2 Å². The van der Waals surface area contributed by atoms with Crippen LogP contribution in [0.25, 0.3) is 16.8 Å². The van der Waals surface area contributed by atoms with Crippen LogP contribution in [-0.2, 0) is 9.47 Å². The minimum absolute atomic E-state index is 0.146. The molecule has 0 bridgehead atoms. The second-order valence-electron chi connectivity index (χ2n) is 5.92. The molecule has 0 amide bonds. The molecule has 0 radical (unpaired) electrons. The fourth-order valence-electron chi connectivity index (χ4n) is 2.70. The number of ether oxygens (including phenoxy) is 3. The third kappa shape index (κ3) is 5.71. The lowest BCUT2D eigenvalue weighted by atomic mass is 9.92. The molecule has 0 saturated carbocycles. The van der Waals surface area contributed by atoms with Gasteiger partial charge in [-0.2, -0.15) is 0 Å². The predicted molar refractivity (Wildman–Crippen MR) is 108 cm³/mol. The van der Waals surface area contributed by atoms with E-state index < -0.39 is 12.4 Å². The van der Waals surface area contributed by atoms with Crippen molar-refractivity contribution >= 4 is 23.0 Å². The number of carbonyl (C=O) groups excluding carboxylic acids is 1. The van der Waals surface area contributed by atoms with Gasteiger partial charge in [-0.25, -0.2) is 9.18 Å². The molecule has 0 heterocycles. The number of benzene rings is 2. The van der Waals surface area contributed by atoms with Crippen LogP contribution in [0.1, 0.15) is 58.6 Å². The van der Waals surface area contributed by atoms with Crippen LogP contribution in [0.5, 0.6) is 5.75 Å². The Kier molecular flexibility index (Phi) is 8.79. The first-order valence-corrected chi connectivity index (χ1v) is 9.26. The molecular formula is C22H29FO4. The number of hydrogen-bond donors (Lipinski definition) is 0. The molecule has 0 fully saturated rings. The normalized spacial score (nSPS) is 11.4. The van der Waals surface area contributed by atoms with Gasteiger partial charge in [0.2, 0.25) is 6.29 Å². The van der Waals surface area contributed by atoms with E-state index in [1.54, 1.807) is 26.0 Å². The minimum atomic E-state index is -0.809. The van der Waals surface area contributed by atoms with Crippen molar-refractivity contribution in [3.05, 3.63) is 47.8 Å². The third-order valence-corrected chi connectivity index (χ3v) is 3.76. The molecule has 0 aliphatic carbocycles. The van der Waals surface area contributed by atoms with E-state index in [0.717, 1.165) is 16.3 Å². The molecule has 0 spiro atoms. The Bertz CT molecular complexity index is 783. The number of hydrogen-bond acceptors (Lipinski definition) is 4. The lowest BCUT2D eigenvalue weighted by molar-refractivity contribution is -0.0518. The van der Waals surface area contributed by atoms with Crippen LogP contribution < -0.4 is 4.74 Å². The van der Waals surface area contributed by atoms with Crippen LogP contribution in [0.15, 0.2) is 30.8 Å². The van der Waals surface area contributed by atoms with E-state index in [9.17, 15) is 9.18 Å². The lowest BCUT2D eigenvalue weighted by Gasteiger charge is -2.19. The van der Waals surface area contributed by atoms with Crippen molar-refractivity contribution in [3.63, 3.8) is 0 Å². The fourth-order valence-corrected chi connectivity index (χ4v) is 2.70. The average Bonchev–Trinajstić information content (AvgIpc) is 2.62. The third-order valence-electron chi connectivity index (χ3n) is 3.76. The molecule has 2 aromatic rings. The summed E-state index contributed by atoms with van der Waals surface area (Å²) >= 11 is 0. The number of rotatable bonds is 6. The topological polar surface area (TPSA) is 44.8 Å². The molecule has 0 aromatic heterocycles. The molecule has 4 nitrogen and oxygen atoms in total. The second kappa shape index (κ2) is 10.6. The number of halogens is 1. The van der Waals surface area contributed by atoms with Crippen LogP contribution in [0, 0.1) is 5.82 Å². The van der Waals surface area contributed by atoms with Crippen molar-refractivity contribution in [2.45, 2.75) is 53.8 Å². The Morgan fingerprint density at radius 1 is 1.22 bits per heavy atom. The number of fused-ring (bicyclic) bond motifs is 1. The van der Waals surface area contributed by atoms with Crippen molar-refractivity contribution in [1.29, 1.82) is 0 Å². The van der Waals surface area contributed by atoms with Gasteiger partial charge in [0.1, 0.15) is 11.6 Å². The van der Waals surface area contributed by atoms with Crippen LogP contribution in [-0.4, -0.2) is 19.1 Å². The zero-order valence-corrected chi connectivity index (χ0v) is 17.0. The van der Waals surface area contributed by atoms with E-state index in [1.165, 1.54) is 12.1 Å². The van der Waals surface area contributed by atoms with Gasteiger partial charge in [-0.3, -0.25) is 0 Å². The van der Waals surface area contributed by atoms with Gasteiger partial charge in [-0.1, -0.05) is 46.4 Å². The lowest BCUT2D eigenvalue weighted by Crippen LogP contribution is -2.21. The van der Waals surface area contributed by atoms with Crippen LogP contribution in [0.3, 0.4) is 0 Å². The summed E-state index contributed by atoms with van der Waals surface area (Å²) in [5, 5.41) is 1.65. The van der Waals surface area contributed by atoms with Gasteiger partial charge in [0.15, 0.2) is 0 Å². The maximum absolute atomic E-state index is 14.1. The molecular weight excluding hydrogens is 347 g/mol. The Hall–Kier alpha value is -2.56. The summed E-state index contributed by atoms with van der Waals surface area (Å²) in [6, 6.07) is 6.74. The highest BCUT2D eigenvalue weighted by atomic mass is 19.1. The standard InChI is InChI=1S/C20H23FO4.C2H6/c1-6-16-18(21)9-8-14-10-15(11-17(12(3)4)19(14)16)24-13(5)25-20(22)23-7-2;1-2/h6,8-13H,1,7H2,2-5H3;1-2H3. The van der Waals surface area contributed by atoms with Gasteiger partial charge in [0, 0.05) is 12.5 Å². The molecule has 2 rings (SSSR count). The second-order valence-corrected chi connectivity index (χ2v) is 5.92. The Morgan fingerprint density at radius 3 is 2.44 bits per heavy atom. The first-order chi connectivity index (χ1) is 12.9. The van der Waals surface area contributed by atoms with Crippen LogP contribution >= 0.6 is 0 Å². The summed E-state index contributed by atoms with van der Waals surface area (Å²) in [7, 11) is 0. The SMILES string of the molecule is C=Cc1c(F)ccc2cc(OC(C)OC(=O)OCC)cc(C(C)C)c12.CC. The average molecular weight is 376 g/mol. The summed E-state index contributed by atoms with van der Waals surface area (Å²) in [6.07, 6.45) is -0.0666. The maximum atomic E-state index is 14.1. The highest BCUT2D eigenvalue weighted by Crippen LogP contribution is 2.34. The highest BCUT2D eigenvalue weighted by molar-refractivity contribution is 5.94. The zero-order chi connectivity index (χ0) is 20.6. The molecule has 0 aliphatic rings. The monoisotopic (exact) mass is 376 g/mol. The van der Waals surface area contributed by atoms with E-state index >= 15 is 0 Å². The smallest absolute Gasteiger partial charge is 0.455 e. The van der Waals surface area contributed by atoms with E-state index in [-0.39, 0.29) is 18.3 Å². The van der Waals surface area contributed by atoms with Gasteiger partial charge in [-0.15, -0.1) is 0 Å². The Morgan fingerprint density at radius 2 is 1.89 bits per heavy atom. The summed E-state index contributed by atoms with van der Waals surface area (Å²) in [4.78, 5) is 11.4. The number of carbonyl (C=O) groups is 1. The fraction of sp³-hybridized carbons (Fsp3) is 0.409. The minimum Gasteiger partial charge on any atom is -0.455 e. The van der Waals surface area contributed by atoms with Crippen molar-refractivity contribution in [2.24, 2.45) is 0 Å². The van der Waals surface area contributed by atoms with E-state index in [2.05, 4.69) is 6.58 Å². The molecule has 1 atom stereocenters. The van der Waals surface area contributed by atoms with Gasteiger partial charge < -0.3 is 14.2 Å². The Balaban J connectivity index is 0.00000176. The Labute approximate surface area is 160 Å². The van der Waals surface area contributed by atoms with Gasteiger partial charge in [-0.05, 0) is 47.4 Å². The molecule has 148 valence electrons. The molecule has 2 aromatic carbocycles. The molecule has 1 unspecified atom stereocenters. The van der Waals surface area contributed by atoms with Gasteiger partial charge in [0.25, 0.3) is 0 Å². The van der Waals surface area contributed by atoms with Crippen LogP contribution in [0.2, 0.25) is 0 Å². The van der Waals surface area contributed by atoms with Gasteiger partial charge >= 0.3 is 6.16 Å². The van der Waals surface area contributed by atoms with Crippen molar-refractivity contribution in [3.8, 4) is 5.75 Å². The summed E-state index contributed by atoms with van der Waals surface area (Å²) in [6.45, 7) is 15.3. The van der Waals surface area contributed by atoms with Crippen LogP contribution in [0.4, 0.5) is 9.18 Å². The van der Waals surface area contributed by atoms with Crippen molar-refractivity contribution < 1.29 is 23.4 Å². The quantitative estimate of drug-likeness (QED) is 0.417. The van der Waals surface area contributed by atoms with E-state index in [0.29, 0.717) is 11.3 Å². The largest absolute Gasteiger partial charge is 0.511 e. The van der Waals surface area contributed by atoms with E-state index in [1.807, 2.05) is 33.8 Å². The summed E-state index contributed by atoms with van der Waals surface area (Å²) < 4.78 is 29.6. The summed E-state index contributed by atoms with van der Waals surface area (Å²) in [5.74, 6) is 0.375.